The van der Waals surface area contributed by atoms with Crippen molar-refractivity contribution in [2.75, 3.05) is 5.32 Å². The Morgan fingerprint density at radius 2 is 1.45 bits per heavy atom. The van der Waals surface area contributed by atoms with Gasteiger partial charge in [-0.25, -0.2) is 9.97 Å². The number of benzene rings is 2. The molecular formula is C19H19N3. The number of hydrogen-bond acceptors (Lipinski definition) is 3. The predicted molar refractivity (Wildman–Crippen MR) is 90.5 cm³/mol. The van der Waals surface area contributed by atoms with E-state index in [1.165, 1.54) is 11.1 Å². The minimum atomic E-state index is 0.651. The lowest BCUT2D eigenvalue weighted by molar-refractivity contribution is 1.06. The van der Waals surface area contributed by atoms with Crippen LogP contribution in [-0.4, -0.2) is 9.97 Å². The zero-order valence-electron chi connectivity index (χ0n) is 12.9. The molecule has 0 aliphatic rings. The number of aromatic nitrogens is 2. The monoisotopic (exact) mass is 289 g/mol. The zero-order valence-corrected chi connectivity index (χ0v) is 12.9. The van der Waals surface area contributed by atoms with Crippen LogP contribution >= 0.6 is 0 Å². The smallest absolute Gasteiger partial charge is 0.227 e. The van der Waals surface area contributed by atoms with Crippen molar-refractivity contribution in [3.63, 3.8) is 0 Å². The SMILES string of the molecule is Cc1cc(C)nc(Nc2ccccc2Cc2ccccc2)n1. The molecule has 2 aromatic carbocycles. The number of rotatable bonds is 4. The van der Waals surface area contributed by atoms with E-state index in [0.717, 1.165) is 23.5 Å². The first kappa shape index (κ1) is 14.3. The number of anilines is 2. The molecule has 0 unspecified atom stereocenters. The maximum Gasteiger partial charge on any atom is 0.227 e. The molecule has 0 atom stereocenters. The van der Waals surface area contributed by atoms with Gasteiger partial charge in [-0.1, -0.05) is 48.5 Å². The third-order valence-corrected chi connectivity index (χ3v) is 3.48. The second-order valence-electron chi connectivity index (χ2n) is 5.42. The van der Waals surface area contributed by atoms with Gasteiger partial charge in [-0.2, -0.15) is 0 Å². The molecule has 0 aliphatic heterocycles. The van der Waals surface area contributed by atoms with E-state index >= 15 is 0 Å². The molecule has 22 heavy (non-hydrogen) atoms. The lowest BCUT2D eigenvalue weighted by atomic mass is 10.0. The maximum absolute atomic E-state index is 4.46. The fourth-order valence-corrected chi connectivity index (χ4v) is 2.51. The molecule has 0 bridgehead atoms. The molecule has 1 N–H and O–H groups in total. The van der Waals surface area contributed by atoms with E-state index in [9.17, 15) is 0 Å². The van der Waals surface area contributed by atoms with Crippen LogP contribution in [0.15, 0.2) is 60.7 Å². The van der Waals surface area contributed by atoms with Crippen LogP contribution in [0.1, 0.15) is 22.5 Å². The Kier molecular flexibility index (Phi) is 4.15. The summed E-state index contributed by atoms with van der Waals surface area (Å²) in [5.41, 5.74) is 5.51. The van der Waals surface area contributed by atoms with Gasteiger partial charge in [0.05, 0.1) is 0 Å². The van der Waals surface area contributed by atoms with Crippen molar-refractivity contribution in [2.45, 2.75) is 20.3 Å². The maximum atomic E-state index is 4.46. The van der Waals surface area contributed by atoms with Gasteiger partial charge in [-0.3, -0.25) is 0 Å². The standard InChI is InChI=1S/C19H19N3/c1-14-12-15(2)21-19(20-14)22-18-11-7-6-10-17(18)13-16-8-4-3-5-9-16/h3-12H,13H2,1-2H3,(H,20,21,22). The molecular weight excluding hydrogens is 270 g/mol. The first-order valence-corrected chi connectivity index (χ1v) is 7.42. The summed E-state index contributed by atoms with van der Waals surface area (Å²) < 4.78 is 0. The third-order valence-electron chi connectivity index (χ3n) is 3.48. The van der Waals surface area contributed by atoms with E-state index in [0.29, 0.717) is 5.95 Å². The van der Waals surface area contributed by atoms with Crippen molar-refractivity contribution >= 4 is 11.6 Å². The Morgan fingerprint density at radius 1 is 0.818 bits per heavy atom. The van der Waals surface area contributed by atoms with E-state index in [1.807, 2.05) is 32.0 Å². The summed E-state index contributed by atoms with van der Waals surface area (Å²) in [5.74, 6) is 0.651. The quantitative estimate of drug-likeness (QED) is 0.772. The Labute approximate surface area is 131 Å². The first-order valence-electron chi connectivity index (χ1n) is 7.42. The minimum Gasteiger partial charge on any atom is -0.324 e. The van der Waals surface area contributed by atoms with Gasteiger partial charge in [0.25, 0.3) is 0 Å². The fraction of sp³-hybridized carbons (Fsp3) is 0.158. The first-order chi connectivity index (χ1) is 10.7. The average Bonchev–Trinajstić information content (AvgIpc) is 2.49. The highest BCUT2D eigenvalue weighted by Crippen LogP contribution is 2.22. The summed E-state index contributed by atoms with van der Waals surface area (Å²) in [7, 11) is 0. The van der Waals surface area contributed by atoms with Crippen LogP contribution < -0.4 is 5.32 Å². The number of para-hydroxylation sites is 1. The predicted octanol–water partition coefficient (Wildman–Crippen LogP) is 4.43. The molecule has 3 heteroatoms. The largest absolute Gasteiger partial charge is 0.324 e. The topological polar surface area (TPSA) is 37.8 Å². The lowest BCUT2D eigenvalue weighted by Crippen LogP contribution is -2.02. The molecule has 1 aromatic heterocycles. The van der Waals surface area contributed by atoms with Crippen LogP contribution in [-0.2, 0) is 6.42 Å². The number of aryl methyl sites for hydroxylation is 2. The van der Waals surface area contributed by atoms with Crippen LogP contribution in [0.5, 0.6) is 0 Å². The van der Waals surface area contributed by atoms with Gasteiger partial charge in [-0.15, -0.1) is 0 Å². The van der Waals surface area contributed by atoms with E-state index in [1.54, 1.807) is 0 Å². The lowest BCUT2D eigenvalue weighted by Gasteiger charge is -2.12. The van der Waals surface area contributed by atoms with Crippen molar-refractivity contribution in [3.05, 3.63) is 83.2 Å². The number of hydrogen-bond donors (Lipinski definition) is 1. The van der Waals surface area contributed by atoms with Gasteiger partial charge in [0.15, 0.2) is 0 Å². The van der Waals surface area contributed by atoms with Gasteiger partial charge in [-0.05, 0) is 43.5 Å². The van der Waals surface area contributed by atoms with Crippen LogP contribution in [0.25, 0.3) is 0 Å². The van der Waals surface area contributed by atoms with Gasteiger partial charge in [0.1, 0.15) is 0 Å². The highest BCUT2D eigenvalue weighted by molar-refractivity contribution is 5.59. The van der Waals surface area contributed by atoms with E-state index in [4.69, 9.17) is 0 Å². The molecule has 0 radical (unpaired) electrons. The molecule has 3 nitrogen and oxygen atoms in total. The number of nitrogens with one attached hydrogen (secondary N) is 1. The molecule has 0 saturated carbocycles. The van der Waals surface area contributed by atoms with E-state index in [2.05, 4.69) is 57.7 Å². The van der Waals surface area contributed by atoms with Gasteiger partial charge in [0.2, 0.25) is 5.95 Å². The van der Waals surface area contributed by atoms with Gasteiger partial charge in [0, 0.05) is 17.1 Å². The second-order valence-corrected chi connectivity index (χ2v) is 5.42. The molecule has 0 aliphatic carbocycles. The number of nitrogens with zero attached hydrogens (tertiary/aromatic N) is 2. The average molecular weight is 289 g/mol. The van der Waals surface area contributed by atoms with Crippen LogP contribution in [0.2, 0.25) is 0 Å². The minimum absolute atomic E-state index is 0.651. The zero-order chi connectivity index (χ0) is 15.4. The molecule has 0 fully saturated rings. The molecule has 3 rings (SSSR count). The Bertz CT molecular complexity index is 746. The molecule has 0 spiro atoms. The normalized spacial score (nSPS) is 10.5. The summed E-state index contributed by atoms with van der Waals surface area (Å²) >= 11 is 0. The van der Waals surface area contributed by atoms with Crippen LogP contribution in [0, 0.1) is 13.8 Å². The molecule has 0 saturated heterocycles. The fourth-order valence-electron chi connectivity index (χ4n) is 2.51. The van der Waals surface area contributed by atoms with Crippen molar-refractivity contribution in [3.8, 4) is 0 Å². The van der Waals surface area contributed by atoms with Crippen molar-refractivity contribution in [1.29, 1.82) is 0 Å². The molecule has 1 heterocycles. The Balaban J connectivity index is 1.88. The van der Waals surface area contributed by atoms with Gasteiger partial charge >= 0.3 is 0 Å². The Hall–Kier alpha value is -2.68. The second kappa shape index (κ2) is 6.39. The summed E-state index contributed by atoms with van der Waals surface area (Å²) in [6.45, 7) is 3.96. The Morgan fingerprint density at radius 3 is 2.18 bits per heavy atom. The van der Waals surface area contributed by atoms with Crippen molar-refractivity contribution < 1.29 is 0 Å². The molecule has 3 aromatic rings. The summed E-state index contributed by atoms with van der Waals surface area (Å²) in [5, 5.41) is 3.35. The summed E-state index contributed by atoms with van der Waals surface area (Å²) in [4.78, 5) is 8.91. The van der Waals surface area contributed by atoms with Crippen LogP contribution in [0.4, 0.5) is 11.6 Å². The molecule has 0 amide bonds. The molecule has 110 valence electrons. The van der Waals surface area contributed by atoms with E-state index < -0.39 is 0 Å². The van der Waals surface area contributed by atoms with Crippen LogP contribution in [0.3, 0.4) is 0 Å². The highest BCUT2D eigenvalue weighted by Gasteiger charge is 2.06. The highest BCUT2D eigenvalue weighted by atomic mass is 15.1. The van der Waals surface area contributed by atoms with E-state index in [-0.39, 0.29) is 0 Å². The van der Waals surface area contributed by atoms with Crippen molar-refractivity contribution in [2.24, 2.45) is 0 Å². The van der Waals surface area contributed by atoms with Gasteiger partial charge < -0.3 is 5.32 Å². The third kappa shape index (κ3) is 3.50. The summed E-state index contributed by atoms with van der Waals surface area (Å²) in [6.07, 6.45) is 0.884. The van der Waals surface area contributed by atoms with Crippen molar-refractivity contribution in [1.82, 2.24) is 9.97 Å². The summed E-state index contributed by atoms with van der Waals surface area (Å²) in [6, 6.07) is 20.7.